The van der Waals surface area contributed by atoms with Crippen LogP contribution in [0.1, 0.15) is 5.82 Å². The molecule has 0 atom stereocenters. The Balaban J connectivity index is 2.26. The molecule has 2 heterocycles. The van der Waals surface area contributed by atoms with E-state index in [4.69, 9.17) is 5.11 Å². The summed E-state index contributed by atoms with van der Waals surface area (Å²) in [7, 11) is 1.90. The zero-order valence-electron chi connectivity index (χ0n) is 11.0. The Morgan fingerprint density at radius 1 is 1.26 bits per heavy atom. The van der Waals surface area contributed by atoms with Gasteiger partial charge in [0.25, 0.3) is 0 Å². The van der Waals surface area contributed by atoms with Gasteiger partial charge in [-0.15, -0.1) is 0 Å². The summed E-state index contributed by atoms with van der Waals surface area (Å²) >= 11 is 0. The van der Waals surface area contributed by atoms with Gasteiger partial charge in [-0.25, -0.2) is 15.0 Å². The Morgan fingerprint density at radius 2 is 2.11 bits per heavy atom. The van der Waals surface area contributed by atoms with Crippen molar-refractivity contribution in [2.75, 3.05) is 30.4 Å². The van der Waals surface area contributed by atoms with Crippen LogP contribution < -0.4 is 10.2 Å². The molecule has 0 unspecified atom stereocenters. The quantitative estimate of drug-likeness (QED) is 0.844. The Hall–Kier alpha value is -2.21. The Labute approximate surface area is 112 Å². The van der Waals surface area contributed by atoms with Crippen molar-refractivity contribution < 1.29 is 5.11 Å². The lowest BCUT2D eigenvalue weighted by molar-refractivity contribution is 0.311. The standard InChI is InChI=1S/C13H17N5O/c1-10-16-11(14-7-8-19)9-13(17-10)18(2)12-5-3-4-6-15-12/h3-6,9,19H,7-8H2,1-2H3,(H,14,16,17). The SMILES string of the molecule is Cc1nc(NCCO)cc(N(C)c2ccccn2)n1. The molecular weight excluding hydrogens is 242 g/mol. The average Bonchev–Trinajstić information content (AvgIpc) is 2.44. The molecule has 0 saturated heterocycles. The van der Waals surface area contributed by atoms with Crippen LogP contribution in [0.4, 0.5) is 17.5 Å². The van der Waals surface area contributed by atoms with E-state index in [-0.39, 0.29) is 6.61 Å². The molecular formula is C13H17N5O. The van der Waals surface area contributed by atoms with Gasteiger partial charge in [0.05, 0.1) is 6.61 Å². The monoisotopic (exact) mass is 259 g/mol. The molecule has 2 aromatic rings. The molecule has 0 spiro atoms. The minimum absolute atomic E-state index is 0.0640. The summed E-state index contributed by atoms with van der Waals surface area (Å²) in [6, 6.07) is 7.55. The Morgan fingerprint density at radius 3 is 2.79 bits per heavy atom. The van der Waals surface area contributed by atoms with E-state index < -0.39 is 0 Å². The lowest BCUT2D eigenvalue weighted by Crippen LogP contribution is -2.15. The number of nitrogens with zero attached hydrogens (tertiary/aromatic N) is 4. The third-order valence-corrected chi connectivity index (χ3v) is 2.58. The molecule has 0 aliphatic rings. The van der Waals surface area contributed by atoms with E-state index in [1.807, 2.05) is 43.1 Å². The maximum atomic E-state index is 8.83. The fourth-order valence-electron chi connectivity index (χ4n) is 1.67. The number of rotatable bonds is 5. The highest BCUT2D eigenvalue weighted by atomic mass is 16.3. The van der Waals surface area contributed by atoms with Crippen molar-refractivity contribution in [3.63, 3.8) is 0 Å². The molecule has 0 aliphatic carbocycles. The number of aryl methyl sites for hydroxylation is 1. The van der Waals surface area contributed by atoms with Gasteiger partial charge < -0.3 is 15.3 Å². The molecule has 0 fully saturated rings. The van der Waals surface area contributed by atoms with E-state index in [0.717, 1.165) is 11.6 Å². The smallest absolute Gasteiger partial charge is 0.139 e. The van der Waals surface area contributed by atoms with Gasteiger partial charge in [-0.3, -0.25) is 0 Å². The molecule has 2 N–H and O–H groups in total. The highest BCUT2D eigenvalue weighted by Crippen LogP contribution is 2.21. The fourth-order valence-corrected chi connectivity index (χ4v) is 1.67. The van der Waals surface area contributed by atoms with Crippen LogP contribution in [0.3, 0.4) is 0 Å². The van der Waals surface area contributed by atoms with Crippen LogP contribution in [-0.4, -0.2) is 40.3 Å². The van der Waals surface area contributed by atoms with Crippen LogP contribution in [0.2, 0.25) is 0 Å². The minimum atomic E-state index is 0.0640. The van der Waals surface area contributed by atoms with Gasteiger partial charge in [0, 0.05) is 25.9 Å². The number of aliphatic hydroxyl groups is 1. The zero-order valence-corrected chi connectivity index (χ0v) is 11.0. The molecule has 19 heavy (non-hydrogen) atoms. The lowest BCUT2D eigenvalue weighted by atomic mass is 10.4. The summed E-state index contributed by atoms with van der Waals surface area (Å²) in [6.07, 6.45) is 1.74. The number of hydrogen-bond donors (Lipinski definition) is 2. The molecule has 0 bridgehead atoms. The van der Waals surface area contributed by atoms with Crippen molar-refractivity contribution in [2.24, 2.45) is 0 Å². The van der Waals surface area contributed by atoms with Crippen molar-refractivity contribution in [2.45, 2.75) is 6.92 Å². The summed E-state index contributed by atoms with van der Waals surface area (Å²) in [4.78, 5) is 14.8. The Kier molecular flexibility index (Phi) is 4.25. The lowest BCUT2D eigenvalue weighted by Gasteiger charge is -2.18. The summed E-state index contributed by atoms with van der Waals surface area (Å²) < 4.78 is 0. The van der Waals surface area contributed by atoms with Crippen molar-refractivity contribution in [1.29, 1.82) is 0 Å². The largest absolute Gasteiger partial charge is 0.395 e. The summed E-state index contributed by atoms with van der Waals surface area (Å²) in [5.74, 6) is 2.93. The summed E-state index contributed by atoms with van der Waals surface area (Å²) in [6.45, 7) is 2.36. The van der Waals surface area contributed by atoms with Gasteiger partial charge >= 0.3 is 0 Å². The van der Waals surface area contributed by atoms with Crippen molar-refractivity contribution in [3.05, 3.63) is 36.3 Å². The molecule has 6 heteroatoms. The summed E-state index contributed by atoms with van der Waals surface area (Å²) in [5.41, 5.74) is 0. The van der Waals surface area contributed by atoms with Gasteiger partial charge in [0.2, 0.25) is 0 Å². The van der Waals surface area contributed by atoms with Crippen molar-refractivity contribution in [3.8, 4) is 0 Å². The van der Waals surface area contributed by atoms with Gasteiger partial charge in [0.15, 0.2) is 0 Å². The van der Waals surface area contributed by atoms with Crippen molar-refractivity contribution in [1.82, 2.24) is 15.0 Å². The van der Waals surface area contributed by atoms with Crippen LogP contribution in [-0.2, 0) is 0 Å². The third-order valence-electron chi connectivity index (χ3n) is 2.58. The summed E-state index contributed by atoms with van der Waals surface area (Å²) in [5, 5.41) is 11.9. The van der Waals surface area contributed by atoms with E-state index in [0.29, 0.717) is 18.2 Å². The Bertz CT molecular complexity index is 532. The van der Waals surface area contributed by atoms with E-state index >= 15 is 0 Å². The number of aliphatic hydroxyl groups excluding tert-OH is 1. The second-order valence-electron chi connectivity index (χ2n) is 4.06. The van der Waals surface area contributed by atoms with Crippen LogP contribution in [0.15, 0.2) is 30.5 Å². The molecule has 0 aliphatic heterocycles. The normalized spacial score (nSPS) is 10.3. The van der Waals surface area contributed by atoms with Crippen molar-refractivity contribution >= 4 is 17.5 Å². The number of nitrogens with one attached hydrogen (secondary N) is 1. The van der Waals surface area contributed by atoms with E-state index in [1.54, 1.807) is 6.20 Å². The predicted octanol–water partition coefficient (Wildman–Crippen LogP) is 1.35. The number of aromatic nitrogens is 3. The van der Waals surface area contributed by atoms with Crippen LogP contribution >= 0.6 is 0 Å². The van der Waals surface area contributed by atoms with Crippen LogP contribution in [0.5, 0.6) is 0 Å². The number of anilines is 3. The topological polar surface area (TPSA) is 74.2 Å². The highest BCUT2D eigenvalue weighted by Gasteiger charge is 2.09. The van der Waals surface area contributed by atoms with Crippen LogP contribution in [0.25, 0.3) is 0 Å². The molecule has 2 rings (SSSR count). The molecule has 2 aromatic heterocycles. The highest BCUT2D eigenvalue weighted by molar-refractivity contribution is 5.58. The van der Waals surface area contributed by atoms with E-state index in [2.05, 4.69) is 20.3 Å². The fraction of sp³-hybridized carbons (Fsp3) is 0.308. The minimum Gasteiger partial charge on any atom is -0.395 e. The predicted molar refractivity (Wildman–Crippen MR) is 74.6 cm³/mol. The average molecular weight is 259 g/mol. The molecule has 0 aromatic carbocycles. The number of pyridine rings is 1. The zero-order chi connectivity index (χ0) is 13.7. The van der Waals surface area contributed by atoms with Gasteiger partial charge in [0.1, 0.15) is 23.3 Å². The third kappa shape index (κ3) is 3.38. The van der Waals surface area contributed by atoms with Gasteiger partial charge in [-0.2, -0.15) is 0 Å². The molecule has 6 nitrogen and oxygen atoms in total. The second-order valence-corrected chi connectivity index (χ2v) is 4.06. The molecule has 0 radical (unpaired) electrons. The first-order chi connectivity index (χ1) is 9.20. The molecule has 100 valence electrons. The first kappa shape index (κ1) is 13.2. The second kappa shape index (κ2) is 6.10. The number of hydrogen-bond acceptors (Lipinski definition) is 6. The maximum absolute atomic E-state index is 8.83. The van der Waals surface area contributed by atoms with E-state index in [9.17, 15) is 0 Å². The first-order valence-corrected chi connectivity index (χ1v) is 6.06. The maximum Gasteiger partial charge on any atom is 0.139 e. The van der Waals surface area contributed by atoms with Gasteiger partial charge in [-0.1, -0.05) is 6.07 Å². The van der Waals surface area contributed by atoms with Crippen LogP contribution in [0, 0.1) is 6.92 Å². The van der Waals surface area contributed by atoms with E-state index in [1.165, 1.54) is 0 Å². The van der Waals surface area contributed by atoms with Gasteiger partial charge in [-0.05, 0) is 19.1 Å². The molecule has 0 amide bonds. The molecule has 0 saturated carbocycles. The first-order valence-electron chi connectivity index (χ1n) is 6.06.